The average Bonchev–Trinajstić information content (AvgIpc) is 2.62. The Morgan fingerprint density at radius 2 is 2.13 bits per heavy atom. The lowest BCUT2D eigenvalue weighted by molar-refractivity contribution is 0.174. The van der Waals surface area contributed by atoms with Gasteiger partial charge in [-0.2, -0.15) is 0 Å². The molecule has 2 aliphatic heterocycles. The number of rotatable bonds is 3. The van der Waals surface area contributed by atoms with Crippen LogP contribution in [0.1, 0.15) is 0 Å². The number of benzene rings is 1. The van der Waals surface area contributed by atoms with E-state index < -0.39 is 0 Å². The third-order valence-corrected chi connectivity index (χ3v) is 2.83. The molecular formula is C11H14N2O2. The highest BCUT2D eigenvalue weighted by Gasteiger charge is 2.17. The van der Waals surface area contributed by atoms with Gasteiger partial charge in [0.25, 0.3) is 0 Å². The summed E-state index contributed by atoms with van der Waals surface area (Å²) >= 11 is 0. The molecule has 1 fully saturated rings. The molecule has 4 heteroatoms. The van der Waals surface area contributed by atoms with Crippen LogP contribution >= 0.6 is 0 Å². The maximum absolute atomic E-state index is 5.31. The van der Waals surface area contributed by atoms with E-state index in [4.69, 9.17) is 9.47 Å². The molecule has 80 valence electrons. The monoisotopic (exact) mass is 206 g/mol. The Morgan fingerprint density at radius 3 is 2.93 bits per heavy atom. The fourth-order valence-corrected chi connectivity index (χ4v) is 1.76. The van der Waals surface area contributed by atoms with Crippen molar-refractivity contribution in [1.29, 1.82) is 0 Å². The van der Waals surface area contributed by atoms with Gasteiger partial charge in [0.1, 0.15) is 0 Å². The number of fused-ring (bicyclic) bond motifs is 1. The average molecular weight is 206 g/mol. The zero-order chi connectivity index (χ0) is 10.1. The van der Waals surface area contributed by atoms with Gasteiger partial charge in [-0.1, -0.05) is 0 Å². The molecule has 15 heavy (non-hydrogen) atoms. The highest BCUT2D eigenvalue weighted by atomic mass is 16.7. The maximum Gasteiger partial charge on any atom is 0.231 e. The lowest BCUT2D eigenvalue weighted by Gasteiger charge is -2.27. The highest BCUT2D eigenvalue weighted by molar-refractivity contribution is 5.55. The van der Waals surface area contributed by atoms with Crippen LogP contribution in [0.4, 0.5) is 5.69 Å². The summed E-state index contributed by atoms with van der Waals surface area (Å²) in [6.07, 6.45) is 0. The summed E-state index contributed by atoms with van der Waals surface area (Å²) < 4.78 is 10.6. The predicted octanol–water partition coefficient (Wildman–Crippen LogP) is 1.05. The summed E-state index contributed by atoms with van der Waals surface area (Å²) in [5.41, 5.74) is 1.10. The van der Waals surface area contributed by atoms with Crippen LogP contribution in [0.3, 0.4) is 0 Å². The van der Waals surface area contributed by atoms with Gasteiger partial charge in [-0.25, -0.2) is 0 Å². The van der Waals surface area contributed by atoms with Crippen LogP contribution in [0.15, 0.2) is 18.2 Å². The van der Waals surface area contributed by atoms with Gasteiger partial charge < -0.3 is 20.1 Å². The molecule has 0 unspecified atom stereocenters. The molecule has 0 aliphatic carbocycles. The van der Waals surface area contributed by atoms with Gasteiger partial charge in [0.2, 0.25) is 6.79 Å². The molecule has 0 aromatic heterocycles. The fraction of sp³-hybridized carbons (Fsp3) is 0.455. The van der Waals surface area contributed by atoms with Crippen molar-refractivity contribution in [1.82, 2.24) is 5.32 Å². The van der Waals surface area contributed by atoms with Crippen LogP contribution in [0.2, 0.25) is 0 Å². The third kappa shape index (κ3) is 1.72. The molecule has 0 spiro atoms. The SMILES string of the molecule is c1cc2c(cc1NCC1CNC1)OCO2. The second-order valence-electron chi connectivity index (χ2n) is 3.97. The molecule has 2 heterocycles. The van der Waals surface area contributed by atoms with Gasteiger partial charge in [-0.3, -0.25) is 0 Å². The predicted molar refractivity (Wildman–Crippen MR) is 57.4 cm³/mol. The van der Waals surface area contributed by atoms with E-state index in [9.17, 15) is 0 Å². The number of hydrogen-bond acceptors (Lipinski definition) is 4. The molecule has 0 atom stereocenters. The second kappa shape index (κ2) is 3.62. The molecular weight excluding hydrogens is 192 g/mol. The van der Waals surface area contributed by atoms with Crippen molar-refractivity contribution < 1.29 is 9.47 Å². The molecule has 2 N–H and O–H groups in total. The lowest BCUT2D eigenvalue weighted by atomic mass is 10.0. The fourth-order valence-electron chi connectivity index (χ4n) is 1.76. The van der Waals surface area contributed by atoms with Crippen molar-refractivity contribution in [2.45, 2.75) is 0 Å². The topological polar surface area (TPSA) is 42.5 Å². The van der Waals surface area contributed by atoms with Crippen LogP contribution < -0.4 is 20.1 Å². The van der Waals surface area contributed by atoms with E-state index in [2.05, 4.69) is 10.6 Å². The second-order valence-corrected chi connectivity index (χ2v) is 3.97. The Bertz CT molecular complexity index is 364. The Hall–Kier alpha value is -1.42. The minimum Gasteiger partial charge on any atom is -0.454 e. The summed E-state index contributed by atoms with van der Waals surface area (Å²) in [6, 6.07) is 5.97. The molecule has 2 aliphatic rings. The normalized spacial score (nSPS) is 18.7. The van der Waals surface area contributed by atoms with Gasteiger partial charge >= 0.3 is 0 Å². The molecule has 1 saturated heterocycles. The highest BCUT2D eigenvalue weighted by Crippen LogP contribution is 2.34. The summed E-state index contributed by atoms with van der Waals surface area (Å²) in [5, 5.41) is 6.66. The van der Waals surface area contributed by atoms with E-state index >= 15 is 0 Å². The number of nitrogens with one attached hydrogen (secondary N) is 2. The number of anilines is 1. The van der Waals surface area contributed by atoms with E-state index in [1.165, 1.54) is 0 Å². The molecule has 0 bridgehead atoms. The summed E-state index contributed by atoms with van der Waals surface area (Å²) in [4.78, 5) is 0. The van der Waals surface area contributed by atoms with Gasteiger partial charge in [0.05, 0.1) is 0 Å². The Balaban J connectivity index is 1.64. The van der Waals surface area contributed by atoms with Gasteiger partial charge in [0, 0.05) is 37.3 Å². The van der Waals surface area contributed by atoms with Gasteiger partial charge in [-0.15, -0.1) is 0 Å². The maximum atomic E-state index is 5.31. The Labute approximate surface area is 88.6 Å². The van der Waals surface area contributed by atoms with E-state index in [0.29, 0.717) is 6.79 Å². The molecule has 1 aromatic rings. The van der Waals surface area contributed by atoms with Crippen molar-refractivity contribution in [2.24, 2.45) is 5.92 Å². The number of ether oxygens (including phenoxy) is 2. The van der Waals surface area contributed by atoms with E-state index in [1.54, 1.807) is 0 Å². The molecule has 1 aromatic carbocycles. The molecule has 3 rings (SSSR count). The molecule has 4 nitrogen and oxygen atoms in total. The summed E-state index contributed by atoms with van der Waals surface area (Å²) in [7, 11) is 0. The quantitative estimate of drug-likeness (QED) is 0.775. The lowest BCUT2D eigenvalue weighted by Crippen LogP contribution is -2.45. The molecule has 0 amide bonds. The van der Waals surface area contributed by atoms with Crippen molar-refractivity contribution in [3.05, 3.63) is 18.2 Å². The van der Waals surface area contributed by atoms with Crippen LogP contribution in [0.25, 0.3) is 0 Å². The smallest absolute Gasteiger partial charge is 0.231 e. The van der Waals surface area contributed by atoms with Crippen LogP contribution in [0.5, 0.6) is 11.5 Å². The summed E-state index contributed by atoms with van der Waals surface area (Å²) in [6.45, 7) is 3.60. The minimum atomic E-state index is 0.339. The van der Waals surface area contributed by atoms with Crippen LogP contribution in [0, 0.1) is 5.92 Å². The minimum absolute atomic E-state index is 0.339. The Kier molecular flexibility index (Phi) is 2.14. The largest absolute Gasteiger partial charge is 0.454 e. The van der Waals surface area contributed by atoms with Crippen molar-refractivity contribution in [3.63, 3.8) is 0 Å². The van der Waals surface area contributed by atoms with Crippen molar-refractivity contribution in [2.75, 3.05) is 31.7 Å². The van der Waals surface area contributed by atoms with E-state index in [-0.39, 0.29) is 0 Å². The van der Waals surface area contributed by atoms with Crippen LogP contribution in [-0.2, 0) is 0 Å². The van der Waals surface area contributed by atoms with Crippen LogP contribution in [-0.4, -0.2) is 26.4 Å². The van der Waals surface area contributed by atoms with Crippen molar-refractivity contribution in [3.8, 4) is 11.5 Å². The van der Waals surface area contributed by atoms with Crippen molar-refractivity contribution >= 4 is 5.69 Å². The number of hydrogen-bond donors (Lipinski definition) is 2. The van der Waals surface area contributed by atoms with E-state index in [0.717, 1.165) is 42.7 Å². The molecule has 0 radical (unpaired) electrons. The zero-order valence-electron chi connectivity index (χ0n) is 8.45. The molecule has 0 saturated carbocycles. The first kappa shape index (κ1) is 8.85. The van der Waals surface area contributed by atoms with Gasteiger partial charge in [0.15, 0.2) is 11.5 Å². The van der Waals surface area contributed by atoms with E-state index in [1.807, 2.05) is 18.2 Å². The standard InChI is InChI=1S/C11H14N2O2/c1-2-10-11(15-7-14-10)3-9(1)13-6-8-4-12-5-8/h1-3,8,12-13H,4-7H2. The first-order valence-corrected chi connectivity index (χ1v) is 5.26. The Morgan fingerprint density at radius 1 is 1.27 bits per heavy atom. The zero-order valence-corrected chi connectivity index (χ0v) is 8.45. The third-order valence-electron chi connectivity index (χ3n) is 2.83. The first-order valence-electron chi connectivity index (χ1n) is 5.26. The summed E-state index contributed by atoms with van der Waals surface area (Å²) in [5.74, 6) is 2.44. The first-order chi connectivity index (χ1) is 7.42. The van der Waals surface area contributed by atoms with Gasteiger partial charge in [-0.05, 0) is 12.1 Å².